The Kier molecular flexibility index (Phi) is 5.62. The summed E-state index contributed by atoms with van der Waals surface area (Å²) in [6.07, 6.45) is 7.63. The van der Waals surface area contributed by atoms with Crippen LogP contribution in [0.2, 0.25) is 0 Å². The molecule has 0 atom stereocenters. The number of hydrogen-bond donors (Lipinski definition) is 0. The van der Waals surface area contributed by atoms with Gasteiger partial charge in [-0.3, -0.25) is 9.55 Å². The maximum absolute atomic E-state index is 4.49. The van der Waals surface area contributed by atoms with Crippen LogP contribution < -0.4 is 0 Å². The minimum absolute atomic E-state index is 0.860. The van der Waals surface area contributed by atoms with Crippen molar-refractivity contribution in [3.63, 3.8) is 0 Å². The average Bonchev–Trinajstić information content (AvgIpc) is 3.14. The zero-order chi connectivity index (χ0) is 17.6. The molecule has 134 valence electrons. The van der Waals surface area contributed by atoms with Crippen LogP contribution in [0.25, 0.3) is 17.1 Å². The van der Waals surface area contributed by atoms with Crippen LogP contribution in [0.1, 0.15) is 19.3 Å². The van der Waals surface area contributed by atoms with Gasteiger partial charge in [0.2, 0.25) is 0 Å². The highest BCUT2D eigenvalue weighted by Crippen LogP contribution is 2.27. The van der Waals surface area contributed by atoms with Gasteiger partial charge in [0.25, 0.3) is 0 Å². The van der Waals surface area contributed by atoms with Crippen molar-refractivity contribution in [2.75, 3.05) is 25.4 Å². The van der Waals surface area contributed by atoms with Gasteiger partial charge in [-0.2, -0.15) is 0 Å². The molecule has 0 radical (unpaired) electrons. The van der Waals surface area contributed by atoms with E-state index in [2.05, 4.69) is 36.8 Å². The first-order valence-electron chi connectivity index (χ1n) is 9.18. The van der Waals surface area contributed by atoms with Gasteiger partial charge in [-0.1, -0.05) is 36.4 Å². The van der Waals surface area contributed by atoms with Crippen molar-refractivity contribution in [2.45, 2.75) is 24.4 Å². The number of likely N-dealkylation sites (tertiary alicyclic amines) is 1. The van der Waals surface area contributed by atoms with Crippen LogP contribution in [0, 0.1) is 0 Å². The topological polar surface area (TPSA) is 46.8 Å². The van der Waals surface area contributed by atoms with Gasteiger partial charge in [-0.25, -0.2) is 0 Å². The summed E-state index contributed by atoms with van der Waals surface area (Å²) in [6, 6.07) is 14.3. The molecule has 2 aromatic heterocycles. The van der Waals surface area contributed by atoms with Gasteiger partial charge < -0.3 is 4.90 Å². The molecule has 6 heteroatoms. The van der Waals surface area contributed by atoms with E-state index >= 15 is 0 Å². The SMILES string of the molecule is c1ccc(-n2c(SCCN3CCCCC3)nnc2-c2ccncc2)cc1. The Hall–Kier alpha value is -2.18. The normalized spacial score (nSPS) is 15.2. The molecule has 0 bridgehead atoms. The molecule has 1 fully saturated rings. The molecule has 1 aromatic carbocycles. The van der Waals surface area contributed by atoms with Crippen LogP contribution >= 0.6 is 11.8 Å². The van der Waals surface area contributed by atoms with Crippen LogP contribution in [0.3, 0.4) is 0 Å². The Bertz CT molecular complexity index is 813. The number of thioether (sulfide) groups is 1. The summed E-state index contributed by atoms with van der Waals surface area (Å²) >= 11 is 1.78. The zero-order valence-electron chi connectivity index (χ0n) is 14.8. The average molecular weight is 366 g/mol. The Morgan fingerprint density at radius 1 is 0.885 bits per heavy atom. The third-order valence-corrected chi connectivity index (χ3v) is 5.58. The van der Waals surface area contributed by atoms with Crippen molar-refractivity contribution in [2.24, 2.45) is 0 Å². The highest BCUT2D eigenvalue weighted by atomic mass is 32.2. The fourth-order valence-electron chi connectivity index (χ4n) is 3.31. The van der Waals surface area contributed by atoms with Crippen molar-refractivity contribution in [1.29, 1.82) is 0 Å². The first-order chi connectivity index (χ1) is 12.9. The Morgan fingerprint density at radius 2 is 1.65 bits per heavy atom. The number of benzene rings is 1. The highest BCUT2D eigenvalue weighted by molar-refractivity contribution is 7.99. The lowest BCUT2D eigenvalue weighted by Crippen LogP contribution is -2.31. The van der Waals surface area contributed by atoms with E-state index < -0.39 is 0 Å². The molecule has 26 heavy (non-hydrogen) atoms. The number of pyridine rings is 1. The van der Waals surface area contributed by atoms with Crippen molar-refractivity contribution in [1.82, 2.24) is 24.6 Å². The van der Waals surface area contributed by atoms with E-state index in [4.69, 9.17) is 0 Å². The zero-order valence-corrected chi connectivity index (χ0v) is 15.6. The lowest BCUT2D eigenvalue weighted by molar-refractivity contribution is 0.242. The van der Waals surface area contributed by atoms with E-state index in [1.54, 1.807) is 24.2 Å². The monoisotopic (exact) mass is 365 g/mol. The molecule has 1 saturated heterocycles. The molecular formula is C20H23N5S. The van der Waals surface area contributed by atoms with Crippen molar-refractivity contribution >= 4 is 11.8 Å². The predicted molar refractivity (Wildman–Crippen MR) is 106 cm³/mol. The lowest BCUT2D eigenvalue weighted by Gasteiger charge is -2.25. The molecular weight excluding hydrogens is 342 g/mol. The molecule has 0 N–H and O–H groups in total. The summed E-state index contributed by atoms with van der Waals surface area (Å²) in [5.74, 6) is 1.89. The Balaban J connectivity index is 1.57. The molecule has 5 nitrogen and oxygen atoms in total. The van der Waals surface area contributed by atoms with E-state index in [-0.39, 0.29) is 0 Å². The second kappa shape index (κ2) is 8.47. The molecule has 0 unspecified atom stereocenters. The van der Waals surface area contributed by atoms with E-state index in [9.17, 15) is 0 Å². The predicted octanol–water partition coefficient (Wildman–Crippen LogP) is 3.91. The van der Waals surface area contributed by atoms with E-state index in [0.29, 0.717) is 0 Å². The van der Waals surface area contributed by atoms with Gasteiger partial charge in [0, 0.05) is 35.9 Å². The van der Waals surface area contributed by atoms with Gasteiger partial charge in [-0.05, 0) is 50.2 Å². The van der Waals surface area contributed by atoms with E-state index in [1.807, 2.05) is 30.3 Å². The quantitative estimate of drug-likeness (QED) is 0.620. The smallest absolute Gasteiger partial charge is 0.196 e. The third kappa shape index (κ3) is 3.97. The minimum atomic E-state index is 0.860. The number of para-hydroxylation sites is 1. The van der Waals surface area contributed by atoms with Crippen molar-refractivity contribution < 1.29 is 0 Å². The molecule has 1 aliphatic rings. The highest BCUT2D eigenvalue weighted by Gasteiger charge is 2.17. The summed E-state index contributed by atoms with van der Waals surface area (Å²) in [5, 5.41) is 9.91. The summed E-state index contributed by atoms with van der Waals surface area (Å²) < 4.78 is 2.15. The molecule has 1 aliphatic heterocycles. The van der Waals surface area contributed by atoms with Crippen LogP contribution in [-0.4, -0.2) is 50.0 Å². The standard InChI is InChI=1S/C20H23N5S/c1-3-7-18(8-4-1)25-19(17-9-11-21-12-10-17)22-23-20(25)26-16-15-24-13-5-2-6-14-24/h1,3-4,7-12H,2,5-6,13-16H2. The van der Waals surface area contributed by atoms with Gasteiger partial charge in [-0.15, -0.1) is 10.2 Å². The fraction of sp³-hybridized carbons (Fsp3) is 0.350. The third-order valence-electron chi connectivity index (χ3n) is 4.67. The lowest BCUT2D eigenvalue weighted by atomic mass is 10.1. The first kappa shape index (κ1) is 17.2. The Labute approximate surface area is 158 Å². The largest absolute Gasteiger partial charge is 0.303 e. The van der Waals surface area contributed by atoms with Crippen molar-refractivity contribution in [3.8, 4) is 17.1 Å². The van der Waals surface area contributed by atoms with Crippen LogP contribution in [0.4, 0.5) is 0 Å². The second-order valence-corrected chi connectivity index (χ2v) is 7.53. The van der Waals surface area contributed by atoms with Gasteiger partial charge >= 0.3 is 0 Å². The second-order valence-electron chi connectivity index (χ2n) is 6.46. The first-order valence-corrected chi connectivity index (χ1v) is 10.2. The van der Waals surface area contributed by atoms with Crippen LogP contribution in [0.15, 0.2) is 60.0 Å². The maximum Gasteiger partial charge on any atom is 0.196 e. The van der Waals surface area contributed by atoms with Crippen molar-refractivity contribution in [3.05, 3.63) is 54.9 Å². The summed E-state index contributed by atoms with van der Waals surface area (Å²) in [5.41, 5.74) is 2.11. The molecule has 0 aliphatic carbocycles. The maximum atomic E-state index is 4.49. The molecule has 0 spiro atoms. The van der Waals surface area contributed by atoms with Gasteiger partial charge in [0.1, 0.15) is 0 Å². The van der Waals surface area contributed by atoms with Crippen LogP contribution in [0.5, 0.6) is 0 Å². The minimum Gasteiger partial charge on any atom is -0.303 e. The summed E-state index contributed by atoms with van der Waals surface area (Å²) in [6.45, 7) is 3.57. The fourth-order valence-corrected chi connectivity index (χ4v) is 4.26. The number of rotatable bonds is 6. The van der Waals surface area contributed by atoms with E-state index in [1.165, 1.54) is 32.4 Å². The summed E-state index contributed by atoms with van der Waals surface area (Å²) in [7, 11) is 0. The number of hydrogen-bond acceptors (Lipinski definition) is 5. The summed E-state index contributed by atoms with van der Waals surface area (Å²) in [4.78, 5) is 6.67. The molecule has 4 rings (SSSR count). The van der Waals surface area contributed by atoms with Crippen LogP contribution in [-0.2, 0) is 0 Å². The van der Waals surface area contributed by atoms with E-state index in [0.717, 1.165) is 34.5 Å². The molecule has 3 heterocycles. The molecule has 3 aromatic rings. The number of piperidine rings is 1. The number of nitrogens with zero attached hydrogens (tertiary/aromatic N) is 5. The molecule has 0 saturated carbocycles. The molecule has 0 amide bonds. The van der Waals surface area contributed by atoms with Gasteiger partial charge in [0.05, 0.1) is 0 Å². The number of aromatic nitrogens is 4. The van der Waals surface area contributed by atoms with Gasteiger partial charge in [0.15, 0.2) is 11.0 Å². The Morgan fingerprint density at radius 3 is 2.42 bits per heavy atom.